The molecule has 1 aromatic carbocycles. The number of hydrogen-bond acceptors (Lipinski definition) is 3. The van der Waals surface area contributed by atoms with Crippen LogP contribution in [0.4, 0.5) is 4.79 Å². The Kier molecular flexibility index (Phi) is 5.18. The summed E-state index contributed by atoms with van der Waals surface area (Å²) in [6.45, 7) is 2.85. The highest BCUT2D eigenvalue weighted by Gasteiger charge is 2.15. The quantitative estimate of drug-likeness (QED) is 0.755. The standard InChI is InChI=1S/C15H17N3O3/c16-14(19)6-5-12-1-3-13(4-2-12)11-17-15(20)18-7-9-21-10-8-18/h1-4H,7-11H2,(H2,16,19)(H,17,20). The maximum atomic E-state index is 11.9. The van der Waals surface area contributed by atoms with E-state index in [1.165, 1.54) is 0 Å². The fourth-order valence-electron chi connectivity index (χ4n) is 1.90. The first-order valence-corrected chi connectivity index (χ1v) is 6.66. The second-order valence-electron chi connectivity index (χ2n) is 4.57. The number of ether oxygens (including phenoxy) is 1. The van der Waals surface area contributed by atoms with Gasteiger partial charge in [-0.15, -0.1) is 0 Å². The number of primary amides is 1. The summed E-state index contributed by atoms with van der Waals surface area (Å²) in [5.41, 5.74) is 6.61. The van der Waals surface area contributed by atoms with Crippen molar-refractivity contribution in [3.8, 4) is 11.8 Å². The summed E-state index contributed by atoms with van der Waals surface area (Å²) in [5, 5.41) is 2.86. The summed E-state index contributed by atoms with van der Waals surface area (Å²) in [6, 6.07) is 7.18. The predicted octanol–water partition coefficient (Wildman–Crippen LogP) is 0.0652. The van der Waals surface area contributed by atoms with Crippen LogP contribution in [0.15, 0.2) is 24.3 Å². The molecule has 21 heavy (non-hydrogen) atoms. The Morgan fingerprint density at radius 2 is 1.90 bits per heavy atom. The van der Waals surface area contributed by atoms with Crippen molar-refractivity contribution in [2.45, 2.75) is 6.54 Å². The Bertz CT molecular complexity index is 566. The van der Waals surface area contributed by atoms with Gasteiger partial charge in [-0.05, 0) is 23.6 Å². The molecule has 1 fully saturated rings. The van der Waals surface area contributed by atoms with E-state index in [1.807, 2.05) is 12.1 Å². The van der Waals surface area contributed by atoms with Gasteiger partial charge in [-0.2, -0.15) is 0 Å². The van der Waals surface area contributed by atoms with E-state index < -0.39 is 5.91 Å². The molecule has 6 heteroatoms. The van der Waals surface area contributed by atoms with Crippen LogP contribution in [0.5, 0.6) is 0 Å². The van der Waals surface area contributed by atoms with E-state index in [4.69, 9.17) is 10.5 Å². The van der Waals surface area contributed by atoms with Gasteiger partial charge in [-0.1, -0.05) is 18.1 Å². The van der Waals surface area contributed by atoms with E-state index >= 15 is 0 Å². The zero-order chi connectivity index (χ0) is 15.1. The third-order valence-electron chi connectivity index (χ3n) is 3.03. The molecule has 110 valence electrons. The van der Waals surface area contributed by atoms with Gasteiger partial charge in [0.15, 0.2) is 0 Å². The van der Waals surface area contributed by atoms with Crippen molar-refractivity contribution in [3.63, 3.8) is 0 Å². The van der Waals surface area contributed by atoms with E-state index in [-0.39, 0.29) is 6.03 Å². The number of hydrogen-bond donors (Lipinski definition) is 2. The van der Waals surface area contributed by atoms with Gasteiger partial charge in [0.25, 0.3) is 5.91 Å². The van der Waals surface area contributed by atoms with Crippen LogP contribution >= 0.6 is 0 Å². The summed E-state index contributed by atoms with van der Waals surface area (Å²) >= 11 is 0. The average Bonchev–Trinajstić information content (AvgIpc) is 2.52. The van der Waals surface area contributed by atoms with Gasteiger partial charge < -0.3 is 20.7 Å². The molecule has 6 nitrogen and oxygen atoms in total. The van der Waals surface area contributed by atoms with Crippen molar-refractivity contribution < 1.29 is 14.3 Å². The molecule has 0 spiro atoms. The molecule has 3 amide bonds. The molecular formula is C15H17N3O3. The number of urea groups is 1. The number of morpholine rings is 1. The lowest BCUT2D eigenvalue weighted by atomic mass is 10.1. The maximum absolute atomic E-state index is 11.9. The van der Waals surface area contributed by atoms with Crippen LogP contribution in [0.1, 0.15) is 11.1 Å². The fourth-order valence-corrected chi connectivity index (χ4v) is 1.90. The van der Waals surface area contributed by atoms with Crippen molar-refractivity contribution in [3.05, 3.63) is 35.4 Å². The maximum Gasteiger partial charge on any atom is 0.317 e. The Balaban J connectivity index is 1.84. The zero-order valence-corrected chi connectivity index (χ0v) is 11.6. The van der Waals surface area contributed by atoms with Gasteiger partial charge in [0.1, 0.15) is 0 Å². The first kappa shape index (κ1) is 14.9. The second kappa shape index (κ2) is 7.31. The molecule has 3 N–H and O–H groups in total. The Morgan fingerprint density at radius 3 is 2.52 bits per heavy atom. The van der Waals surface area contributed by atoms with Gasteiger partial charge >= 0.3 is 6.03 Å². The number of benzene rings is 1. The van der Waals surface area contributed by atoms with Crippen LogP contribution in [0.2, 0.25) is 0 Å². The number of amides is 3. The van der Waals surface area contributed by atoms with E-state index in [2.05, 4.69) is 17.2 Å². The third-order valence-corrected chi connectivity index (χ3v) is 3.03. The van der Waals surface area contributed by atoms with E-state index in [0.29, 0.717) is 38.4 Å². The van der Waals surface area contributed by atoms with Crippen LogP contribution in [0, 0.1) is 11.8 Å². The number of nitrogens with two attached hydrogens (primary N) is 1. The van der Waals surface area contributed by atoms with Crippen LogP contribution in [-0.4, -0.2) is 43.1 Å². The number of nitrogens with one attached hydrogen (secondary N) is 1. The summed E-state index contributed by atoms with van der Waals surface area (Å²) in [6.07, 6.45) is 0. The highest BCUT2D eigenvalue weighted by molar-refractivity contribution is 5.92. The molecule has 0 unspecified atom stereocenters. The van der Waals surface area contributed by atoms with Crippen molar-refractivity contribution in [1.29, 1.82) is 0 Å². The largest absolute Gasteiger partial charge is 0.378 e. The summed E-state index contributed by atoms with van der Waals surface area (Å²) in [7, 11) is 0. The molecule has 2 rings (SSSR count). The monoisotopic (exact) mass is 287 g/mol. The molecule has 1 aliphatic rings. The molecule has 1 heterocycles. The van der Waals surface area contributed by atoms with Crippen LogP contribution < -0.4 is 11.1 Å². The highest BCUT2D eigenvalue weighted by atomic mass is 16.5. The van der Waals surface area contributed by atoms with E-state index in [1.54, 1.807) is 17.0 Å². The van der Waals surface area contributed by atoms with E-state index in [0.717, 1.165) is 5.56 Å². The minimum atomic E-state index is -0.656. The van der Waals surface area contributed by atoms with Crippen molar-refractivity contribution in [2.75, 3.05) is 26.3 Å². The number of rotatable bonds is 2. The molecule has 0 aliphatic carbocycles. The zero-order valence-electron chi connectivity index (χ0n) is 11.6. The van der Waals surface area contributed by atoms with Crippen LogP contribution in [-0.2, 0) is 16.1 Å². The Labute approximate surface area is 123 Å². The first-order valence-electron chi connectivity index (χ1n) is 6.66. The molecule has 0 atom stereocenters. The van der Waals surface area contributed by atoms with Gasteiger partial charge in [0.2, 0.25) is 0 Å². The van der Waals surface area contributed by atoms with Crippen LogP contribution in [0.25, 0.3) is 0 Å². The fraction of sp³-hybridized carbons (Fsp3) is 0.333. The van der Waals surface area contributed by atoms with Crippen molar-refractivity contribution in [1.82, 2.24) is 10.2 Å². The summed E-state index contributed by atoms with van der Waals surface area (Å²) < 4.78 is 5.20. The average molecular weight is 287 g/mol. The first-order chi connectivity index (χ1) is 10.1. The Morgan fingerprint density at radius 1 is 1.24 bits per heavy atom. The topological polar surface area (TPSA) is 84.7 Å². The second-order valence-corrected chi connectivity index (χ2v) is 4.57. The molecule has 1 saturated heterocycles. The minimum Gasteiger partial charge on any atom is -0.378 e. The molecular weight excluding hydrogens is 270 g/mol. The SMILES string of the molecule is NC(=O)C#Cc1ccc(CNC(=O)N2CCOCC2)cc1. The van der Waals surface area contributed by atoms with Gasteiger partial charge in [-0.25, -0.2) is 4.79 Å². The Hall–Kier alpha value is -2.52. The molecule has 0 radical (unpaired) electrons. The number of carbonyl (C=O) groups is 2. The van der Waals surface area contributed by atoms with Gasteiger partial charge in [0.05, 0.1) is 13.2 Å². The lowest BCUT2D eigenvalue weighted by Crippen LogP contribution is -2.45. The normalized spacial score (nSPS) is 14.0. The summed E-state index contributed by atoms with van der Waals surface area (Å²) in [4.78, 5) is 24.2. The van der Waals surface area contributed by atoms with Crippen LogP contribution in [0.3, 0.4) is 0 Å². The van der Waals surface area contributed by atoms with Crippen molar-refractivity contribution >= 4 is 11.9 Å². The number of nitrogens with zero attached hydrogens (tertiary/aromatic N) is 1. The lowest BCUT2D eigenvalue weighted by Gasteiger charge is -2.26. The number of carbonyl (C=O) groups excluding carboxylic acids is 2. The summed E-state index contributed by atoms with van der Waals surface area (Å²) in [5.74, 6) is 4.27. The highest BCUT2D eigenvalue weighted by Crippen LogP contribution is 2.04. The minimum absolute atomic E-state index is 0.0871. The molecule has 0 aromatic heterocycles. The third kappa shape index (κ3) is 4.82. The molecule has 0 bridgehead atoms. The predicted molar refractivity (Wildman–Crippen MR) is 77.1 cm³/mol. The lowest BCUT2D eigenvalue weighted by molar-refractivity contribution is -0.112. The molecule has 1 aliphatic heterocycles. The molecule has 1 aromatic rings. The smallest absolute Gasteiger partial charge is 0.317 e. The van der Waals surface area contributed by atoms with E-state index in [9.17, 15) is 9.59 Å². The van der Waals surface area contributed by atoms with Crippen molar-refractivity contribution in [2.24, 2.45) is 5.73 Å². The van der Waals surface area contributed by atoms with Gasteiger partial charge in [-0.3, -0.25) is 4.79 Å². The molecule has 0 saturated carbocycles. The van der Waals surface area contributed by atoms with Gasteiger partial charge in [0, 0.05) is 25.2 Å².